The van der Waals surface area contributed by atoms with Crippen molar-refractivity contribution in [1.82, 2.24) is 4.90 Å². The fourth-order valence-corrected chi connectivity index (χ4v) is 2.49. The minimum atomic E-state index is 0.295. The topological polar surface area (TPSA) is 38.5 Å². The Bertz CT molecular complexity index is 360. The van der Waals surface area contributed by atoms with Crippen molar-refractivity contribution in [2.24, 2.45) is 5.73 Å². The van der Waals surface area contributed by atoms with Gasteiger partial charge >= 0.3 is 0 Å². The average Bonchev–Trinajstić information content (AvgIpc) is 2.50. The first-order valence-corrected chi connectivity index (χ1v) is 7.84. The predicted molar refractivity (Wildman–Crippen MR) is 86.2 cm³/mol. The predicted octanol–water partition coefficient (Wildman–Crippen LogP) is 3.60. The summed E-state index contributed by atoms with van der Waals surface area (Å²) in [5, 5.41) is 0. The molecule has 0 heterocycles. The quantitative estimate of drug-likeness (QED) is 0.710. The van der Waals surface area contributed by atoms with E-state index in [1.54, 1.807) is 7.11 Å². The molecule has 0 aliphatic heterocycles. The van der Waals surface area contributed by atoms with E-state index in [4.69, 9.17) is 10.5 Å². The van der Waals surface area contributed by atoms with Crippen molar-refractivity contribution < 1.29 is 4.74 Å². The number of nitrogens with zero attached hydrogens (tertiary/aromatic N) is 1. The van der Waals surface area contributed by atoms with E-state index in [9.17, 15) is 0 Å². The lowest BCUT2D eigenvalue weighted by molar-refractivity contribution is 0.195. The van der Waals surface area contributed by atoms with Gasteiger partial charge in [-0.2, -0.15) is 0 Å². The molecule has 0 bridgehead atoms. The first kappa shape index (κ1) is 17.0. The molecule has 1 rings (SSSR count). The third-order valence-electron chi connectivity index (χ3n) is 3.74. The van der Waals surface area contributed by atoms with Crippen LogP contribution in [0.1, 0.15) is 51.1 Å². The maximum absolute atomic E-state index is 6.06. The highest BCUT2D eigenvalue weighted by Crippen LogP contribution is 2.24. The lowest BCUT2D eigenvalue weighted by Crippen LogP contribution is -2.35. The second kappa shape index (κ2) is 9.78. The third-order valence-corrected chi connectivity index (χ3v) is 3.74. The molecule has 1 aromatic carbocycles. The fraction of sp³-hybridized carbons (Fsp3) is 0.647. The number of ether oxygens (including phenoxy) is 1. The van der Waals surface area contributed by atoms with Gasteiger partial charge in [0.15, 0.2) is 0 Å². The fourth-order valence-electron chi connectivity index (χ4n) is 2.49. The highest BCUT2D eigenvalue weighted by atomic mass is 16.5. The number of hydrogen-bond donors (Lipinski definition) is 1. The molecule has 0 aromatic heterocycles. The molecule has 0 aliphatic rings. The summed E-state index contributed by atoms with van der Waals surface area (Å²) in [6.07, 6.45) is 4.89. The van der Waals surface area contributed by atoms with E-state index in [1.807, 2.05) is 6.07 Å². The number of benzene rings is 1. The van der Waals surface area contributed by atoms with Gasteiger partial charge in [0.25, 0.3) is 0 Å². The molecule has 3 nitrogen and oxygen atoms in total. The summed E-state index contributed by atoms with van der Waals surface area (Å²) in [7, 11) is 1.71. The number of hydrogen-bond acceptors (Lipinski definition) is 3. The van der Waals surface area contributed by atoms with Gasteiger partial charge in [-0.15, -0.1) is 0 Å². The molecule has 1 aromatic rings. The standard InChI is InChI=1S/C17H30N2O/c1-4-6-11-19(12-7-5-2)17(14-18)15-9-8-10-16(13-15)20-3/h8-10,13,17H,4-7,11-12,14,18H2,1-3H3. The Kier molecular flexibility index (Phi) is 8.31. The Morgan fingerprint density at radius 3 is 2.30 bits per heavy atom. The zero-order chi connectivity index (χ0) is 14.8. The third kappa shape index (κ3) is 5.14. The van der Waals surface area contributed by atoms with Crippen molar-refractivity contribution in [2.45, 2.75) is 45.6 Å². The minimum Gasteiger partial charge on any atom is -0.497 e. The Hall–Kier alpha value is -1.06. The second-order valence-corrected chi connectivity index (χ2v) is 5.27. The molecule has 0 saturated carbocycles. The molecule has 0 spiro atoms. The molecule has 1 unspecified atom stereocenters. The zero-order valence-electron chi connectivity index (χ0n) is 13.3. The zero-order valence-corrected chi connectivity index (χ0v) is 13.3. The van der Waals surface area contributed by atoms with E-state index in [0.29, 0.717) is 12.6 Å². The van der Waals surface area contributed by atoms with Crippen molar-refractivity contribution >= 4 is 0 Å². The van der Waals surface area contributed by atoms with Crippen LogP contribution in [0.15, 0.2) is 24.3 Å². The molecule has 0 fully saturated rings. The second-order valence-electron chi connectivity index (χ2n) is 5.27. The maximum atomic E-state index is 6.06. The average molecular weight is 278 g/mol. The number of rotatable bonds is 10. The van der Waals surface area contributed by atoms with Crippen LogP contribution in [0.5, 0.6) is 5.75 Å². The molecule has 20 heavy (non-hydrogen) atoms. The molecular weight excluding hydrogens is 248 g/mol. The van der Waals surface area contributed by atoms with Crippen molar-refractivity contribution in [3.63, 3.8) is 0 Å². The van der Waals surface area contributed by atoms with Gasteiger partial charge in [0.1, 0.15) is 5.75 Å². The van der Waals surface area contributed by atoms with Crippen LogP contribution >= 0.6 is 0 Å². The van der Waals surface area contributed by atoms with Gasteiger partial charge in [-0.1, -0.05) is 38.8 Å². The van der Waals surface area contributed by atoms with E-state index < -0.39 is 0 Å². The van der Waals surface area contributed by atoms with E-state index in [-0.39, 0.29) is 0 Å². The van der Waals surface area contributed by atoms with Crippen LogP contribution in [0.25, 0.3) is 0 Å². The van der Waals surface area contributed by atoms with Crippen molar-refractivity contribution in [3.8, 4) is 5.75 Å². The summed E-state index contributed by atoms with van der Waals surface area (Å²) in [6.45, 7) is 7.37. The van der Waals surface area contributed by atoms with Gasteiger partial charge in [0, 0.05) is 12.6 Å². The molecule has 0 aliphatic carbocycles. The van der Waals surface area contributed by atoms with E-state index in [1.165, 1.54) is 31.2 Å². The summed E-state index contributed by atoms with van der Waals surface area (Å²) in [5.74, 6) is 0.909. The first-order chi connectivity index (χ1) is 9.76. The van der Waals surface area contributed by atoms with Crippen molar-refractivity contribution in [1.29, 1.82) is 0 Å². The smallest absolute Gasteiger partial charge is 0.119 e. The van der Waals surface area contributed by atoms with Crippen LogP contribution in [0, 0.1) is 0 Å². The SMILES string of the molecule is CCCCN(CCCC)C(CN)c1cccc(OC)c1. The molecule has 2 N–H and O–H groups in total. The summed E-state index contributed by atoms with van der Waals surface area (Å²) in [4.78, 5) is 2.53. The van der Waals surface area contributed by atoms with Gasteiger partial charge in [0.05, 0.1) is 7.11 Å². The molecule has 0 saturated heterocycles. The minimum absolute atomic E-state index is 0.295. The summed E-state index contributed by atoms with van der Waals surface area (Å²) in [5.41, 5.74) is 7.32. The first-order valence-electron chi connectivity index (χ1n) is 7.84. The highest BCUT2D eigenvalue weighted by molar-refractivity contribution is 5.30. The molecule has 3 heteroatoms. The highest BCUT2D eigenvalue weighted by Gasteiger charge is 2.18. The molecular formula is C17H30N2O. The van der Waals surface area contributed by atoms with Gasteiger partial charge in [-0.05, 0) is 43.6 Å². The Morgan fingerprint density at radius 1 is 1.15 bits per heavy atom. The number of unbranched alkanes of at least 4 members (excludes halogenated alkanes) is 2. The number of methoxy groups -OCH3 is 1. The Balaban J connectivity index is 2.85. The maximum Gasteiger partial charge on any atom is 0.119 e. The van der Waals surface area contributed by atoms with Crippen LogP contribution in [-0.2, 0) is 0 Å². The Labute approximate surface area is 124 Å². The van der Waals surface area contributed by atoms with E-state index in [0.717, 1.165) is 18.8 Å². The number of nitrogens with two attached hydrogens (primary N) is 1. The van der Waals surface area contributed by atoms with Crippen LogP contribution < -0.4 is 10.5 Å². The van der Waals surface area contributed by atoms with Crippen LogP contribution in [0.2, 0.25) is 0 Å². The molecule has 114 valence electrons. The normalized spacial score (nSPS) is 12.7. The van der Waals surface area contributed by atoms with Crippen molar-refractivity contribution in [2.75, 3.05) is 26.7 Å². The lowest BCUT2D eigenvalue weighted by Gasteiger charge is -2.31. The largest absolute Gasteiger partial charge is 0.497 e. The van der Waals surface area contributed by atoms with Gasteiger partial charge in [0.2, 0.25) is 0 Å². The summed E-state index contributed by atoms with van der Waals surface area (Å²) in [6, 6.07) is 8.60. The van der Waals surface area contributed by atoms with E-state index in [2.05, 4.69) is 36.9 Å². The van der Waals surface area contributed by atoms with Crippen molar-refractivity contribution in [3.05, 3.63) is 29.8 Å². The Morgan fingerprint density at radius 2 is 1.80 bits per heavy atom. The van der Waals surface area contributed by atoms with Crippen LogP contribution in [-0.4, -0.2) is 31.6 Å². The monoisotopic (exact) mass is 278 g/mol. The molecule has 1 atom stereocenters. The van der Waals surface area contributed by atoms with Crippen LogP contribution in [0.4, 0.5) is 0 Å². The molecule has 0 radical (unpaired) electrons. The van der Waals surface area contributed by atoms with E-state index >= 15 is 0 Å². The van der Waals surface area contributed by atoms with Gasteiger partial charge in [-0.25, -0.2) is 0 Å². The van der Waals surface area contributed by atoms with Gasteiger partial charge < -0.3 is 10.5 Å². The summed E-state index contributed by atoms with van der Waals surface area (Å²) < 4.78 is 5.33. The molecule has 0 amide bonds. The summed E-state index contributed by atoms with van der Waals surface area (Å²) >= 11 is 0. The lowest BCUT2D eigenvalue weighted by atomic mass is 10.0. The van der Waals surface area contributed by atoms with Gasteiger partial charge in [-0.3, -0.25) is 4.90 Å². The van der Waals surface area contributed by atoms with Crippen LogP contribution in [0.3, 0.4) is 0 Å².